The minimum absolute atomic E-state index is 0.434. The van der Waals surface area contributed by atoms with Crippen molar-refractivity contribution in [3.05, 3.63) is 95.7 Å². The van der Waals surface area contributed by atoms with E-state index in [1.807, 2.05) is 0 Å². The Balaban J connectivity index is 1.60. The molecule has 1 aliphatic heterocycles. The molecule has 2 heteroatoms. The number of aromatic amines is 1. The maximum atomic E-state index is 3.79. The van der Waals surface area contributed by atoms with Crippen LogP contribution in [0.2, 0.25) is 0 Å². The molecule has 1 unspecified atom stereocenters. The Morgan fingerprint density at radius 3 is 2.46 bits per heavy atom. The monoisotopic (exact) mass is 366 g/mol. The van der Waals surface area contributed by atoms with Gasteiger partial charge in [0, 0.05) is 28.7 Å². The topological polar surface area (TPSA) is 19.0 Å². The van der Waals surface area contributed by atoms with Crippen molar-refractivity contribution in [2.24, 2.45) is 0 Å². The van der Waals surface area contributed by atoms with Crippen LogP contribution in [0.4, 0.5) is 0 Å². The summed E-state index contributed by atoms with van der Waals surface area (Å²) >= 11 is 0. The van der Waals surface area contributed by atoms with Gasteiger partial charge in [-0.05, 0) is 43.5 Å². The fraction of sp³-hybridized carbons (Fsp3) is 0.231. The zero-order valence-electron chi connectivity index (χ0n) is 16.4. The largest absolute Gasteiger partial charge is 0.357 e. The Bertz CT molecular complexity index is 1080. The predicted molar refractivity (Wildman–Crippen MR) is 117 cm³/mol. The highest BCUT2D eigenvalue weighted by Crippen LogP contribution is 2.41. The first-order valence-corrected chi connectivity index (χ1v) is 10.3. The van der Waals surface area contributed by atoms with Gasteiger partial charge in [0.05, 0.1) is 6.04 Å². The number of likely N-dealkylation sites (tertiary alicyclic amines) is 1. The van der Waals surface area contributed by atoms with Crippen LogP contribution in [0.5, 0.6) is 0 Å². The van der Waals surface area contributed by atoms with Crippen LogP contribution in [0.1, 0.15) is 35.7 Å². The molecule has 0 aliphatic carbocycles. The third kappa shape index (κ3) is 3.14. The summed E-state index contributed by atoms with van der Waals surface area (Å²) in [7, 11) is 0. The van der Waals surface area contributed by atoms with E-state index in [4.69, 9.17) is 0 Å². The van der Waals surface area contributed by atoms with Crippen molar-refractivity contribution in [3.63, 3.8) is 0 Å². The van der Waals surface area contributed by atoms with E-state index in [-0.39, 0.29) is 0 Å². The minimum Gasteiger partial charge on any atom is -0.357 e. The lowest BCUT2D eigenvalue weighted by Gasteiger charge is -2.25. The molecule has 1 saturated heterocycles. The molecule has 4 aromatic rings. The van der Waals surface area contributed by atoms with Gasteiger partial charge in [0.15, 0.2) is 0 Å². The van der Waals surface area contributed by atoms with E-state index in [1.54, 1.807) is 0 Å². The molecule has 0 amide bonds. The second-order valence-corrected chi connectivity index (χ2v) is 7.94. The van der Waals surface area contributed by atoms with Crippen LogP contribution in [-0.2, 0) is 6.54 Å². The number of H-pyrrole nitrogens is 1. The van der Waals surface area contributed by atoms with Gasteiger partial charge < -0.3 is 4.98 Å². The number of aromatic nitrogens is 1. The number of aryl methyl sites for hydroxylation is 1. The summed E-state index contributed by atoms with van der Waals surface area (Å²) in [4.78, 5) is 6.43. The molecule has 0 saturated carbocycles. The Labute approximate surface area is 166 Å². The normalized spacial score (nSPS) is 17.4. The van der Waals surface area contributed by atoms with Crippen molar-refractivity contribution in [1.82, 2.24) is 9.88 Å². The summed E-state index contributed by atoms with van der Waals surface area (Å²) in [5, 5.41) is 1.33. The first kappa shape index (κ1) is 17.3. The number of hydrogen-bond acceptors (Lipinski definition) is 1. The fourth-order valence-electron chi connectivity index (χ4n) is 4.60. The van der Waals surface area contributed by atoms with Crippen molar-refractivity contribution in [2.75, 3.05) is 6.54 Å². The average molecular weight is 367 g/mol. The number of nitrogens with one attached hydrogen (secondary N) is 1. The molecular weight excluding hydrogens is 340 g/mol. The predicted octanol–water partition coefficient (Wildman–Crippen LogP) is 6.48. The molecule has 1 atom stereocenters. The highest BCUT2D eigenvalue weighted by atomic mass is 15.2. The van der Waals surface area contributed by atoms with Gasteiger partial charge in [0.25, 0.3) is 0 Å². The summed E-state index contributed by atoms with van der Waals surface area (Å²) in [5.41, 5.74) is 7.99. The third-order valence-electron chi connectivity index (χ3n) is 6.00. The highest BCUT2D eigenvalue weighted by molar-refractivity contribution is 5.97. The first-order chi connectivity index (χ1) is 13.8. The second-order valence-electron chi connectivity index (χ2n) is 7.94. The van der Waals surface area contributed by atoms with Crippen LogP contribution in [-0.4, -0.2) is 16.4 Å². The van der Waals surface area contributed by atoms with E-state index >= 15 is 0 Å². The van der Waals surface area contributed by atoms with Gasteiger partial charge in [-0.1, -0.05) is 78.4 Å². The van der Waals surface area contributed by atoms with Crippen LogP contribution in [0.15, 0.2) is 78.9 Å². The van der Waals surface area contributed by atoms with Crippen LogP contribution in [0.3, 0.4) is 0 Å². The van der Waals surface area contributed by atoms with Gasteiger partial charge in [-0.25, -0.2) is 0 Å². The molecule has 0 radical (unpaired) electrons. The minimum atomic E-state index is 0.434. The molecule has 1 N–H and O–H groups in total. The highest BCUT2D eigenvalue weighted by Gasteiger charge is 2.30. The summed E-state index contributed by atoms with van der Waals surface area (Å²) in [6.07, 6.45) is 2.46. The third-order valence-corrected chi connectivity index (χ3v) is 6.00. The number of hydrogen-bond donors (Lipinski definition) is 1. The van der Waals surface area contributed by atoms with E-state index < -0.39 is 0 Å². The van der Waals surface area contributed by atoms with Crippen molar-refractivity contribution in [1.29, 1.82) is 0 Å². The lowest BCUT2D eigenvalue weighted by Crippen LogP contribution is -2.23. The van der Waals surface area contributed by atoms with Gasteiger partial charge in [0.2, 0.25) is 0 Å². The summed E-state index contributed by atoms with van der Waals surface area (Å²) in [5.74, 6) is 0. The van der Waals surface area contributed by atoms with Gasteiger partial charge >= 0.3 is 0 Å². The Hall–Kier alpha value is -2.84. The zero-order valence-corrected chi connectivity index (χ0v) is 16.4. The summed E-state index contributed by atoms with van der Waals surface area (Å²) in [6, 6.07) is 29.0. The Morgan fingerprint density at radius 1 is 0.893 bits per heavy atom. The standard InChI is InChI=1S/C26H26N2/c1-19-13-15-21(16-14-19)25-22-10-5-6-11-23(22)27-26(25)24-12-7-17-28(24)18-20-8-3-2-4-9-20/h2-6,8-11,13-16,24,27H,7,12,17-18H2,1H3. The van der Waals surface area contributed by atoms with Gasteiger partial charge in [-0.2, -0.15) is 0 Å². The molecule has 2 heterocycles. The van der Waals surface area contributed by atoms with Crippen molar-refractivity contribution in [2.45, 2.75) is 32.4 Å². The van der Waals surface area contributed by atoms with Crippen molar-refractivity contribution >= 4 is 10.9 Å². The number of fused-ring (bicyclic) bond motifs is 1. The van der Waals surface area contributed by atoms with Crippen LogP contribution < -0.4 is 0 Å². The SMILES string of the molecule is Cc1ccc(-c2c(C3CCCN3Cc3ccccc3)[nH]c3ccccc23)cc1. The average Bonchev–Trinajstić information content (AvgIpc) is 3.33. The first-order valence-electron chi connectivity index (χ1n) is 10.3. The van der Waals surface area contributed by atoms with Crippen molar-refractivity contribution in [3.8, 4) is 11.1 Å². The molecule has 5 rings (SSSR count). The molecule has 140 valence electrons. The van der Waals surface area contributed by atoms with Gasteiger partial charge in [0.1, 0.15) is 0 Å². The van der Waals surface area contributed by atoms with Gasteiger partial charge in [-0.3, -0.25) is 4.90 Å². The van der Waals surface area contributed by atoms with Gasteiger partial charge in [-0.15, -0.1) is 0 Å². The maximum absolute atomic E-state index is 3.79. The van der Waals surface area contributed by atoms with Crippen LogP contribution >= 0.6 is 0 Å². The molecule has 1 aromatic heterocycles. The summed E-state index contributed by atoms with van der Waals surface area (Å²) in [6.45, 7) is 4.31. The molecule has 28 heavy (non-hydrogen) atoms. The number of nitrogens with zero attached hydrogens (tertiary/aromatic N) is 1. The summed E-state index contributed by atoms with van der Waals surface area (Å²) < 4.78 is 0. The van der Waals surface area contributed by atoms with E-state index in [0.717, 1.165) is 13.1 Å². The number of para-hydroxylation sites is 1. The maximum Gasteiger partial charge on any atom is 0.0509 e. The number of benzene rings is 3. The quantitative estimate of drug-likeness (QED) is 0.438. The zero-order chi connectivity index (χ0) is 18.9. The molecule has 0 spiro atoms. The van der Waals surface area contributed by atoms with Crippen LogP contribution in [0.25, 0.3) is 22.0 Å². The molecule has 3 aromatic carbocycles. The number of rotatable bonds is 4. The molecule has 0 bridgehead atoms. The van der Waals surface area contributed by atoms with Crippen molar-refractivity contribution < 1.29 is 0 Å². The Kier molecular flexibility index (Phi) is 4.50. The van der Waals surface area contributed by atoms with E-state index in [2.05, 4.69) is 95.7 Å². The lowest BCUT2D eigenvalue weighted by molar-refractivity contribution is 0.245. The molecular formula is C26H26N2. The fourth-order valence-corrected chi connectivity index (χ4v) is 4.60. The van der Waals surface area contributed by atoms with E-state index in [9.17, 15) is 0 Å². The lowest BCUT2D eigenvalue weighted by atomic mass is 9.97. The van der Waals surface area contributed by atoms with E-state index in [1.165, 1.54) is 51.7 Å². The molecule has 1 fully saturated rings. The Morgan fingerprint density at radius 2 is 1.64 bits per heavy atom. The van der Waals surface area contributed by atoms with E-state index in [0.29, 0.717) is 6.04 Å². The van der Waals surface area contributed by atoms with Crippen LogP contribution in [0, 0.1) is 6.92 Å². The second kappa shape index (κ2) is 7.29. The smallest absolute Gasteiger partial charge is 0.0509 e. The molecule has 1 aliphatic rings. The molecule has 2 nitrogen and oxygen atoms in total.